The average Bonchev–Trinajstić information content (AvgIpc) is 3.22. The van der Waals surface area contributed by atoms with Crippen molar-refractivity contribution in [2.75, 3.05) is 11.9 Å². The maximum atomic E-state index is 11.6. The van der Waals surface area contributed by atoms with Crippen LogP contribution < -0.4 is 5.32 Å². The summed E-state index contributed by atoms with van der Waals surface area (Å²) >= 11 is 0. The summed E-state index contributed by atoms with van der Waals surface area (Å²) in [4.78, 5) is 16.1. The summed E-state index contributed by atoms with van der Waals surface area (Å²) in [6.45, 7) is 5.28. The van der Waals surface area contributed by atoms with Gasteiger partial charge in [0.15, 0.2) is 24.3 Å². The van der Waals surface area contributed by atoms with Crippen LogP contribution in [0.1, 0.15) is 20.8 Å². The van der Waals surface area contributed by atoms with E-state index in [2.05, 4.69) is 10.3 Å². The number of benzene rings is 1. The van der Waals surface area contributed by atoms with Gasteiger partial charge in [0, 0.05) is 12.6 Å². The standard InChI is InChI=1S/C18H22N2O6/c1-10(21)23-14-13(24-16-15(14)25-18(2,3)26-16)12-9-22-17(20-12)19-11-7-5-4-6-8-11/h4-8,12-16H,9H2,1-3H3,(H,19,20)/t12-,13-,14+,15-,16-/m1/s1. The zero-order valence-corrected chi connectivity index (χ0v) is 14.9. The summed E-state index contributed by atoms with van der Waals surface area (Å²) in [6, 6.07) is 9.69. The van der Waals surface area contributed by atoms with Crippen molar-refractivity contribution in [2.24, 2.45) is 4.99 Å². The molecule has 3 aliphatic heterocycles. The first-order valence-corrected chi connectivity index (χ1v) is 8.62. The summed E-state index contributed by atoms with van der Waals surface area (Å²) < 4.78 is 28.7. The predicted molar refractivity (Wildman–Crippen MR) is 91.5 cm³/mol. The number of carbonyl (C=O) groups excluding carboxylic acids is 1. The molecule has 26 heavy (non-hydrogen) atoms. The molecule has 0 spiro atoms. The third-order valence-corrected chi connectivity index (χ3v) is 4.41. The minimum Gasteiger partial charge on any atom is -0.463 e. The van der Waals surface area contributed by atoms with E-state index in [4.69, 9.17) is 23.7 Å². The molecule has 0 aliphatic carbocycles. The Bertz CT molecular complexity index is 707. The number of aliphatic imine (C=N–C) groups is 1. The molecule has 8 heteroatoms. The van der Waals surface area contributed by atoms with Crippen molar-refractivity contribution >= 4 is 17.7 Å². The van der Waals surface area contributed by atoms with Gasteiger partial charge in [0.25, 0.3) is 6.02 Å². The maximum Gasteiger partial charge on any atom is 0.303 e. The third kappa shape index (κ3) is 3.40. The molecule has 0 radical (unpaired) electrons. The maximum absolute atomic E-state index is 11.6. The fourth-order valence-electron chi connectivity index (χ4n) is 3.41. The first-order valence-electron chi connectivity index (χ1n) is 8.62. The van der Waals surface area contributed by atoms with Gasteiger partial charge in [-0.25, -0.2) is 4.99 Å². The summed E-state index contributed by atoms with van der Waals surface area (Å²) in [5.41, 5.74) is 0.876. The molecule has 1 N–H and O–H groups in total. The number of esters is 1. The molecule has 1 aromatic rings. The molecule has 8 nitrogen and oxygen atoms in total. The van der Waals surface area contributed by atoms with Crippen molar-refractivity contribution in [3.63, 3.8) is 0 Å². The van der Waals surface area contributed by atoms with E-state index in [1.807, 2.05) is 30.3 Å². The predicted octanol–water partition coefficient (Wildman–Crippen LogP) is 1.66. The second-order valence-corrected chi connectivity index (χ2v) is 6.95. The number of fused-ring (bicyclic) bond motifs is 1. The molecule has 140 valence electrons. The Kier molecular flexibility index (Phi) is 4.34. The number of carbonyl (C=O) groups is 1. The van der Waals surface area contributed by atoms with E-state index in [1.165, 1.54) is 6.92 Å². The second-order valence-electron chi connectivity index (χ2n) is 6.95. The summed E-state index contributed by atoms with van der Waals surface area (Å²) in [6.07, 6.45) is -2.19. The topological polar surface area (TPSA) is 87.6 Å². The molecule has 0 aromatic heterocycles. The van der Waals surface area contributed by atoms with Crippen molar-refractivity contribution in [3.8, 4) is 0 Å². The highest BCUT2D eigenvalue weighted by molar-refractivity contribution is 5.90. The normalized spacial score (nSPS) is 34.7. The van der Waals surface area contributed by atoms with E-state index >= 15 is 0 Å². The number of nitrogens with zero attached hydrogens (tertiary/aromatic N) is 1. The van der Waals surface area contributed by atoms with E-state index in [-0.39, 0.29) is 6.04 Å². The minimum atomic E-state index is -0.784. The zero-order chi connectivity index (χ0) is 18.3. The second kappa shape index (κ2) is 6.53. The summed E-state index contributed by atoms with van der Waals surface area (Å²) in [5.74, 6) is -1.18. The van der Waals surface area contributed by atoms with Crippen LogP contribution in [0.5, 0.6) is 0 Å². The van der Waals surface area contributed by atoms with Crippen molar-refractivity contribution in [1.29, 1.82) is 0 Å². The van der Waals surface area contributed by atoms with Gasteiger partial charge in [0.1, 0.15) is 18.8 Å². The van der Waals surface area contributed by atoms with E-state index in [1.54, 1.807) is 13.8 Å². The molecule has 0 bridgehead atoms. The highest BCUT2D eigenvalue weighted by Crippen LogP contribution is 2.40. The molecular formula is C18H22N2O6. The number of anilines is 1. The van der Waals surface area contributed by atoms with E-state index in [0.29, 0.717) is 12.6 Å². The van der Waals surface area contributed by atoms with Gasteiger partial charge in [-0.1, -0.05) is 18.2 Å². The lowest BCUT2D eigenvalue weighted by Gasteiger charge is -2.26. The molecule has 1 aromatic carbocycles. The first-order chi connectivity index (χ1) is 12.4. The summed E-state index contributed by atoms with van der Waals surface area (Å²) in [5, 5.41) is 3.12. The molecule has 2 saturated heterocycles. The van der Waals surface area contributed by atoms with Crippen LogP contribution in [0, 0.1) is 0 Å². The number of para-hydroxylation sites is 1. The number of rotatable bonds is 3. The van der Waals surface area contributed by atoms with Gasteiger partial charge < -0.3 is 29.0 Å². The van der Waals surface area contributed by atoms with Crippen LogP contribution in [0.2, 0.25) is 0 Å². The Morgan fingerprint density at radius 2 is 2.00 bits per heavy atom. The Hall–Kier alpha value is -2.16. The van der Waals surface area contributed by atoms with Gasteiger partial charge in [-0.3, -0.25) is 4.79 Å². The lowest BCUT2D eigenvalue weighted by atomic mass is 10.0. The number of ether oxygens (including phenoxy) is 5. The van der Waals surface area contributed by atoms with Crippen LogP contribution in [0.3, 0.4) is 0 Å². The highest BCUT2D eigenvalue weighted by Gasteiger charge is 2.58. The molecule has 5 atom stereocenters. The Morgan fingerprint density at radius 3 is 2.73 bits per heavy atom. The molecular weight excluding hydrogens is 340 g/mol. The number of nitrogens with one attached hydrogen (secondary N) is 1. The molecule has 0 saturated carbocycles. The van der Waals surface area contributed by atoms with Gasteiger partial charge in [-0.2, -0.15) is 0 Å². The zero-order valence-electron chi connectivity index (χ0n) is 14.9. The van der Waals surface area contributed by atoms with Crippen LogP contribution in [0.15, 0.2) is 35.3 Å². The van der Waals surface area contributed by atoms with Crippen LogP contribution in [-0.4, -0.2) is 55.0 Å². The van der Waals surface area contributed by atoms with E-state index in [0.717, 1.165) is 5.69 Å². The van der Waals surface area contributed by atoms with Crippen molar-refractivity contribution < 1.29 is 28.5 Å². The average molecular weight is 362 g/mol. The van der Waals surface area contributed by atoms with E-state index < -0.39 is 36.4 Å². The molecule has 3 heterocycles. The number of hydrogen-bond acceptors (Lipinski definition) is 8. The molecule has 3 aliphatic rings. The van der Waals surface area contributed by atoms with Crippen LogP contribution in [0.25, 0.3) is 0 Å². The van der Waals surface area contributed by atoms with E-state index in [9.17, 15) is 4.79 Å². The molecule has 4 rings (SSSR count). The van der Waals surface area contributed by atoms with Crippen LogP contribution >= 0.6 is 0 Å². The Labute approximate surface area is 151 Å². The van der Waals surface area contributed by atoms with Gasteiger partial charge in [-0.05, 0) is 26.0 Å². The van der Waals surface area contributed by atoms with Gasteiger partial charge in [0.05, 0.1) is 0 Å². The largest absolute Gasteiger partial charge is 0.463 e. The van der Waals surface area contributed by atoms with Crippen LogP contribution in [-0.2, 0) is 28.5 Å². The fourth-order valence-corrected chi connectivity index (χ4v) is 3.41. The van der Waals surface area contributed by atoms with Gasteiger partial charge >= 0.3 is 5.97 Å². The molecule has 0 amide bonds. The SMILES string of the molecule is CC(=O)O[C@@H]1[C@H]2OC(C)(C)O[C@H]2O[C@@H]1[C@H]1COC(Nc2ccccc2)=N1. The van der Waals surface area contributed by atoms with Gasteiger partial charge in [0.2, 0.25) is 0 Å². The molecule has 0 unspecified atom stereocenters. The summed E-state index contributed by atoms with van der Waals surface area (Å²) in [7, 11) is 0. The Morgan fingerprint density at radius 1 is 1.23 bits per heavy atom. The molecule has 2 fully saturated rings. The van der Waals surface area contributed by atoms with Gasteiger partial charge in [-0.15, -0.1) is 0 Å². The fraction of sp³-hybridized carbons (Fsp3) is 0.556. The van der Waals surface area contributed by atoms with Crippen molar-refractivity contribution in [2.45, 2.75) is 57.2 Å². The Balaban J connectivity index is 1.49. The number of amidine groups is 1. The van der Waals surface area contributed by atoms with Crippen molar-refractivity contribution in [3.05, 3.63) is 30.3 Å². The quantitative estimate of drug-likeness (QED) is 0.818. The van der Waals surface area contributed by atoms with Crippen molar-refractivity contribution in [1.82, 2.24) is 0 Å². The monoisotopic (exact) mass is 362 g/mol. The lowest BCUT2D eigenvalue weighted by Crippen LogP contribution is -2.43. The number of hydrogen-bond donors (Lipinski definition) is 1. The van der Waals surface area contributed by atoms with Crippen LogP contribution in [0.4, 0.5) is 5.69 Å². The highest BCUT2D eigenvalue weighted by atomic mass is 16.8. The minimum absolute atomic E-state index is 0.320. The third-order valence-electron chi connectivity index (χ3n) is 4.41. The lowest BCUT2D eigenvalue weighted by molar-refractivity contribution is -0.220. The smallest absolute Gasteiger partial charge is 0.303 e. The first kappa shape index (κ1) is 17.3.